The average Bonchev–Trinajstić information content (AvgIpc) is 0.850. The first kappa shape index (κ1) is 90.0. The second kappa shape index (κ2) is 56.6. The summed E-state index contributed by atoms with van der Waals surface area (Å²) in [7, 11) is 0. The van der Waals surface area contributed by atoms with Crippen LogP contribution in [0, 0.1) is 70.6 Å². The maximum Gasteiger partial charge on any atom is 0.0200 e. The minimum Gasteiger partial charge on any atom is -0.120 e. The molecule has 0 saturated heterocycles. The smallest absolute Gasteiger partial charge is 0.0200 e. The molecule has 0 saturated carbocycles. The summed E-state index contributed by atoms with van der Waals surface area (Å²) >= 11 is 0. The largest absolute Gasteiger partial charge is 0.120 e. The van der Waals surface area contributed by atoms with Crippen molar-refractivity contribution in [2.75, 3.05) is 0 Å². The minimum absolute atomic E-state index is 0.178. The van der Waals surface area contributed by atoms with Crippen molar-refractivity contribution in [3.05, 3.63) is 266 Å². The summed E-state index contributed by atoms with van der Waals surface area (Å²) in [6, 6.07) is 55.7. The Morgan fingerprint density at radius 2 is 0.967 bits per heavy atom. The number of rotatable bonds is 15. The average molecular weight is 1220 g/mol. The highest BCUT2D eigenvalue weighted by molar-refractivity contribution is 5.53. The Morgan fingerprint density at radius 3 is 1.28 bits per heavy atom. The van der Waals surface area contributed by atoms with Crippen LogP contribution in [-0.4, -0.2) is 0 Å². The topological polar surface area (TPSA) is 0 Å². The zero-order valence-corrected chi connectivity index (χ0v) is 63.7. The van der Waals surface area contributed by atoms with E-state index < -0.39 is 0 Å². The van der Waals surface area contributed by atoms with Crippen molar-refractivity contribution >= 4 is 6.08 Å². The van der Waals surface area contributed by atoms with Crippen LogP contribution in [0.15, 0.2) is 210 Å². The van der Waals surface area contributed by atoms with Gasteiger partial charge in [-0.3, -0.25) is 0 Å². The first-order valence-corrected chi connectivity index (χ1v) is 35.1. The van der Waals surface area contributed by atoms with Gasteiger partial charge in [0.25, 0.3) is 0 Å². The molecule has 0 radical (unpaired) electrons. The van der Waals surface area contributed by atoms with E-state index in [1.807, 2.05) is 84.0 Å². The fourth-order valence-corrected chi connectivity index (χ4v) is 10.6. The van der Waals surface area contributed by atoms with Gasteiger partial charge in [-0.25, -0.2) is 0 Å². The van der Waals surface area contributed by atoms with Gasteiger partial charge in [0.15, 0.2) is 0 Å². The normalized spacial score (nSPS) is 11.7. The Bertz CT molecular complexity index is 2750. The molecule has 498 valence electrons. The van der Waals surface area contributed by atoms with Crippen LogP contribution in [0.25, 0.3) is 6.08 Å². The number of unbranched alkanes of at least 4 members (excludes halogenated alkanes) is 1. The third-order valence-electron chi connectivity index (χ3n) is 16.0. The van der Waals surface area contributed by atoms with Crippen LogP contribution in [-0.2, 0) is 18.3 Å². The van der Waals surface area contributed by atoms with Crippen molar-refractivity contribution < 1.29 is 0 Å². The molecule has 0 amide bonds. The summed E-state index contributed by atoms with van der Waals surface area (Å²) < 4.78 is 0. The van der Waals surface area contributed by atoms with Crippen molar-refractivity contribution in [1.82, 2.24) is 0 Å². The van der Waals surface area contributed by atoms with Gasteiger partial charge in [0.05, 0.1) is 0 Å². The number of aryl methyl sites for hydroxylation is 6. The lowest BCUT2D eigenvalue weighted by molar-refractivity contribution is 0.450. The van der Waals surface area contributed by atoms with Gasteiger partial charge in [-0.2, -0.15) is 0 Å². The van der Waals surface area contributed by atoms with E-state index in [2.05, 4.69) is 298 Å². The van der Waals surface area contributed by atoms with Crippen LogP contribution >= 0.6 is 0 Å². The van der Waals surface area contributed by atoms with Crippen molar-refractivity contribution in [3.63, 3.8) is 0 Å². The molecule has 1 aliphatic carbocycles. The molecule has 0 aromatic heterocycles. The van der Waals surface area contributed by atoms with E-state index in [0.29, 0.717) is 17.8 Å². The van der Waals surface area contributed by atoms with Gasteiger partial charge in [-0.05, 0) is 187 Å². The number of hydrogen-bond acceptors (Lipinski definition) is 0. The molecule has 6 aromatic rings. The molecule has 0 spiro atoms. The molecule has 0 bridgehead atoms. The molecular weight excluding hydrogens is 1080 g/mol. The summed E-state index contributed by atoms with van der Waals surface area (Å²) in [5.74, 6) is 4.78. The Morgan fingerprint density at radius 1 is 0.556 bits per heavy atom. The summed E-state index contributed by atoms with van der Waals surface area (Å²) in [6.45, 7) is 64.4. The van der Waals surface area contributed by atoms with E-state index in [9.17, 15) is 0 Å². The molecule has 1 atom stereocenters. The Balaban J connectivity index is -0.000000491. The Kier molecular flexibility index (Phi) is 56.6. The number of benzene rings is 6. The van der Waals surface area contributed by atoms with E-state index in [1.165, 1.54) is 111 Å². The van der Waals surface area contributed by atoms with E-state index in [-0.39, 0.29) is 5.41 Å². The molecule has 0 heterocycles. The quantitative estimate of drug-likeness (QED) is 0.0710. The molecule has 7 rings (SSSR count). The number of hydrogen-bond donors (Lipinski definition) is 0. The van der Waals surface area contributed by atoms with Crippen molar-refractivity contribution in [3.8, 4) is 12.3 Å². The predicted molar refractivity (Wildman–Crippen MR) is 416 cm³/mol. The predicted octanol–water partition coefficient (Wildman–Crippen LogP) is 28.7. The minimum atomic E-state index is 0.178. The molecule has 6 aromatic carbocycles. The van der Waals surface area contributed by atoms with Crippen LogP contribution < -0.4 is 0 Å². The molecule has 0 N–H and O–H groups in total. The molecule has 0 nitrogen and oxygen atoms in total. The molecule has 1 aliphatic rings. The van der Waals surface area contributed by atoms with Gasteiger partial charge in [0.1, 0.15) is 0 Å². The molecular formula is C90H138. The van der Waals surface area contributed by atoms with E-state index >= 15 is 0 Å². The molecule has 0 aliphatic heterocycles. The van der Waals surface area contributed by atoms with Crippen LogP contribution in [0.1, 0.15) is 260 Å². The lowest BCUT2D eigenvalue weighted by atomic mass is 9.69. The second-order valence-electron chi connectivity index (χ2n) is 23.7. The van der Waals surface area contributed by atoms with E-state index in [1.54, 1.807) is 23.6 Å². The molecule has 90 heavy (non-hydrogen) atoms. The van der Waals surface area contributed by atoms with Crippen LogP contribution in [0.2, 0.25) is 0 Å². The summed E-state index contributed by atoms with van der Waals surface area (Å²) in [5, 5.41) is 0. The zero-order valence-electron chi connectivity index (χ0n) is 63.7. The van der Waals surface area contributed by atoms with Gasteiger partial charge in [0.2, 0.25) is 0 Å². The highest BCUT2D eigenvalue weighted by atomic mass is 14.3. The van der Waals surface area contributed by atoms with Gasteiger partial charge in [0, 0.05) is 5.41 Å². The fourth-order valence-electron chi connectivity index (χ4n) is 10.6. The third-order valence-corrected chi connectivity index (χ3v) is 16.0. The zero-order chi connectivity index (χ0) is 69.6. The van der Waals surface area contributed by atoms with Crippen molar-refractivity contribution in [2.45, 2.75) is 257 Å². The van der Waals surface area contributed by atoms with E-state index in [0.717, 1.165) is 25.2 Å². The maximum atomic E-state index is 4.60. The van der Waals surface area contributed by atoms with Crippen molar-refractivity contribution in [1.29, 1.82) is 0 Å². The summed E-state index contributed by atoms with van der Waals surface area (Å²) in [4.78, 5) is 0. The highest BCUT2D eigenvalue weighted by Gasteiger charge is 2.31. The van der Waals surface area contributed by atoms with Crippen LogP contribution in [0.4, 0.5) is 0 Å². The van der Waals surface area contributed by atoms with Crippen LogP contribution in [0.3, 0.4) is 0 Å². The number of terminal acetylenes is 1. The lowest BCUT2D eigenvalue weighted by Gasteiger charge is -2.34. The summed E-state index contributed by atoms with van der Waals surface area (Å²) in [5.41, 5.74) is 23.2. The van der Waals surface area contributed by atoms with Gasteiger partial charge in [-0.15, -0.1) is 12.3 Å². The number of allylic oxidation sites excluding steroid dienone is 8. The molecule has 1 unspecified atom stereocenters. The summed E-state index contributed by atoms with van der Waals surface area (Å²) in [6.07, 6.45) is 22.2. The first-order chi connectivity index (χ1) is 43.0. The Labute approximate surface area is 561 Å². The van der Waals surface area contributed by atoms with Gasteiger partial charge in [-0.1, -0.05) is 360 Å². The van der Waals surface area contributed by atoms with Crippen LogP contribution in [0.5, 0.6) is 0 Å². The molecule has 0 heteroatoms. The molecule has 0 fully saturated rings. The standard InChI is InChI=1S/C22H32.C18H22.C13H22.C10H14.2C7H8.C4H10.C3H4.3C2H6/c1-9-20-12-11-16(5)13-21(20)14-17(6)22(10-2)19(8)18(7)15(3)4;1-3-15-18(4-2,16-11-7-5-8-12-16)17-13-9-6-10-14-17;1-9(2)12-7-6-8-13(10(3)4)11(12)5;1-4-10-7-8(2)5-6-9(10)3;2*1-7-5-3-2-4-6-7;1-3-4-2;1-3-2;3*1-2/h9-13,15,17H,1,14H2,2-8H3;5-14H,3-4,15H2,1-2H3;7,9-10H,6,8H2,1-5H3;5-7H,4H2,1-3H3;2*2-6H,1H3;3-4H2,1-2H3;1H,2H3;3*1-2H3/b19-18+,22-10-;;;;;;;;;;. The third kappa shape index (κ3) is 37.0. The Hall–Kier alpha value is -6.42. The fraction of sp³-hybridized carbons (Fsp3) is 0.467. The van der Waals surface area contributed by atoms with E-state index in [4.69, 9.17) is 0 Å². The van der Waals surface area contributed by atoms with Crippen molar-refractivity contribution in [2.24, 2.45) is 23.7 Å². The SMILES string of the molecule is C#CC.C=Cc1ccc(C)cc1CC(C)C(=C/C)/C(C)=C(\C)C(C)C.CC.CC.CC.CC1=C(C(C)C)CCC=C1C(C)C.CCCC.CCCC(CC)(c1ccccc1)c1ccccc1.CCc1cc(C)ccc1C.Cc1ccccc1.Cc1ccccc1. The van der Waals surface area contributed by atoms with Gasteiger partial charge < -0.3 is 0 Å². The monoisotopic (exact) mass is 1220 g/mol. The lowest BCUT2D eigenvalue weighted by Crippen LogP contribution is -2.26. The first-order valence-electron chi connectivity index (χ1n) is 35.1. The maximum absolute atomic E-state index is 4.60. The second-order valence-corrected chi connectivity index (χ2v) is 23.7. The van der Waals surface area contributed by atoms with Gasteiger partial charge >= 0.3 is 0 Å². The highest BCUT2D eigenvalue weighted by Crippen LogP contribution is 2.40.